The molecule has 0 amide bonds. The molecule has 0 N–H and O–H groups in total. The first-order chi connectivity index (χ1) is 7.74. The summed E-state index contributed by atoms with van der Waals surface area (Å²) in [5.74, 6) is 0. The number of nitro groups is 1. The van der Waals surface area contributed by atoms with E-state index < -0.39 is 6.17 Å². The van der Waals surface area contributed by atoms with E-state index in [4.69, 9.17) is 0 Å². The van der Waals surface area contributed by atoms with Crippen molar-refractivity contribution >= 4 is 11.0 Å². The van der Waals surface area contributed by atoms with Gasteiger partial charge in [0.05, 0.1) is 5.52 Å². The quantitative estimate of drug-likeness (QED) is 0.583. The zero-order valence-electron chi connectivity index (χ0n) is 8.91. The summed E-state index contributed by atoms with van der Waals surface area (Å²) in [4.78, 5) is 10.6. The Morgan fingerprint density at radius 1 is 1.50 bits per heavy atom. The van der Waals surface area contributed by atoms with Gasteiger partial charge < -0.3 is 0 Å². The number of para-hydroxylation sites is 1. The lowest BCUT2D eigenvalue weighted by Crippen LogP contribution is -2.19. The first-order valence-electron chi connectivity index (χ1n) is 5.17. The topological polar surface area (TPSA) is 73.8 Å². The van der Waals surface area contributed by atoms with Gasteiger partial charge in [-0.25, -0.2) is 0 Å². The molecule has 0 saturated carbocycles. The maximum atomic E-state index is 10.9. The van der Waals surface area contributed by atoms with Crippen molar-refractivity contribution in [1.82, 2.24) is 15.0 Å². The van der Waals surface area contributed by atoms with E-state index in [2.05, 4.69) is 10.3 Å². The second-order valence-electron chi connectivity index (χ2n) is 3.58. The van der Waals surface area contributed by atoms with E-state index in [1.807, 2.05) is 19.1 Å². The predicted molar refractivity (Wildman–Crippen MR) is 58.5 cm³/mol. The van der Waals surface area contributed by atoms with Crippen molar-refractivity contribution in [1.29, 1.82) is 0 Å². The highest BCUT2D eigenvalue weighted by Crippen LogP contribution is 2.19. The standard InChI is InChI=1S/C10H12N4O2/c1-2-5-10(14(15)16)13-9-7-4-3-6-8(9)11-12-13/h3-4,6-7,10H,2,5H2,1H3. The highest BCUT2D eigenvalue weighted by atomic mass is 16.6. The molecule has 6 heteroatoms. The van der Waals surface area contributed by atoms with Crippen LogP contribution in [0.2, 0.25) is 0 Å². The number of nitrogens with zero attached hydrogens (tertiary/aromatic N) is 4. The molecule has 0 aliphatic carbocycles. The van der Waals surface area contributed by atoms with E-state index in [9.17, 15) is 10.1 Å². The fourth-order valence-corrected chi connectivity index (χ4v) is 1.68. The third-order valence-corrected chi connectivity index (χ3v) is 2.45. The predicted octanol–water partition coefficient (Wildman–Crippen LogP) is 2.01. The fourth-order valence-electron chi connectivity index (χ4n) is 1.68. The van der Waals surface area contributed by atoms with Gasteiger partial charge in [-0.1, -0.05) is 24.3 Å². The Morgan fingerprint density at radius 2 is 2.25 bits per heavy atom. The molecule has 2 rings (SSSR count). The molecule has 2 aromatic rings. The smallest absolute Gasteiger partial charge is 0.262 e. The number of aromatic nitrogens is 3. The number of benzene rings is 1. The Kier molecular flexibility index (Phi) is 2.80. The molecule has 0 spiro atoms. The largest absolute Gasteiger partial charge is 0.306 e. The van der Waals surface area contributed by atoms with E-state index in [0.717, 1.165) is 6.42 Å². The molecule has 0 radical (unpaired) electrons. The van der Waals surface area contributed by atoms with E-state index in [-0.39, 0.29) is 4.92 Å². The normalized spacial score (nSPS) is 12.8. The van der Waals surface area contributed by atoms with E-state index in [0.29, 0.717) is 17.5 Å². The molecular formula is C10H12N4O2. The minimum absolute atomic E-state index is 0.315. The molecule has 0 aliphatic rings. The van der Waals surface area contributed by atoms with Crippen LogP contribution >= 0.6 is 0 Å². The van der Waals surface area contributed by atoms with Gasteiger partial charge in [0.25, 0.3) is 0 Å². The van der Waals surface area contributed by atoms with Crippen LogP contribution in [-0.4, -0.2) is 19.9 Å². The highest BCUT2D eigenvalue weighted by Gasteiger charge is 2.24. The minimum Gasteiger partial charge on any atom is -0.262 e. The van der Waals surface area contributed by atoms with Crippen LogP contribution in [0.4, 0.5) is 0 Å². The Hall–Kier alpha value is -1.98. The van der Waals surface area contributed by atoms with Gasteiger partial charge >= 0.3 is 6.17 Å². The first-order valence-corrected chi connectivity index (χ1v) is 5.17. The molecule has 16 heavy (non-hydrogen) atoms. The number of hydrogen-bond donors (Lipinski definition) is 0. The highest BCUT2D eigenvalue weighted by molar-refractivity contribution is 5.73. The van der Waals surface area contributed by atoms with E-state index in [1.165, 1.54) is 4.68 Å². The van der Waals surface area contributed by atoms with Crippen molar-refractivity contribution in [2.75, 3.05) is 0 Å². The van der Waals surface area contributed by atoms with Gasteiger partial charge in [-0.3, -0.25) is 10.1 Å². The van der Waals surface area contributed by atoms with Crippen molar-refractivity contribution in [2.24, 2.45) is 0 Å². The van der Waals surface area contributed by atoms with Crippen LogP contribution in [0, 0.1) is 10.1 Å². The van der Waals surface area contributed by atoms with Crippen molar-refractivity contribution in [2.45, 2.75) is 25.9 Å². The summed E-state index contributed by atoms with van der Waals surface area (Å²) in [5, 5.41) is 18.7. The van der Waals surface area contributed by atoms with Crippen molar-refractivity contribution < 1.29 is 4.92 Å². The van der Waals surface area contributed by atoms with Gasteiger partial charge in [0.15, 0.2) is 0 Å². The van der Waals surface area contributed by atoms with Gasteiger partial charge in [-0.15, -0.1) is 5.10 Å². The Balaban J connectivity index is 2.48. The molecule has 1 aromatic carbocycles. The SMILES string of the molecule is CCCC(n1nnc2ccccc21)[N+](=O)[O-]. The summed E-state index contributed by atoms with van der Waals surface area (Å²) < 4.78 is 1.39. The van der Waals surface area contributed by atoms with Crippen molar-refractivity contribution in [3.63, 3.8) is 0 Å². The van der Waals surface area contributed by atoms with Crippen LogP contribution < -0.4 is 0 Å². The summed E-state index contributed by atoms with van der Waals surface area (Å²) in [6.07, 6.45) is 0.373. The van der Waals surface area contributed by atoms with Crippen LogP contribution in [0.5, 0.6) is 0 Å². The van der Waals surface area contributed by atoms with Gasteiger partial charge in [-0.2, -0.15) is 4.68 Å². The lowest BCUT2D eigenvalue weighted by molar-refractivity contribution is -0.550. The number of rotatable bonds is 4. The van der Waals surface area contributed by atoms with Gasteiger partial charge in [0, 0.05) is 11.3 Å². The second-order valence-corrected chi connectivity index (χ2v) is 3.58. The third-order valence-electron chi connectivity index (χ3n) is 2.45. The zero-order chi connectivity index (χ0) is 11.5. The van der Waals surface area contributed by atoms with Crippen LogP contribution in [0.1, 0.15) is 25.9 Å². The Bertz CT molecular complexity index is 508. The number of fused-ring (bicyclic) bond motifs is 1. The molecule has 1 aromatic heterocycles. The lowest BCUT2D eigenvalue weighted by atomic mass is 10.2. The number of hydrogen-bond acceptors (Lipinski definition) is 4. The average Bonchev–Trinajstić information content (AvgIpc) is 2.69. The van der Waals surface area contributed by atoms with Gasteiger partial charge in [-0.05, 0) is 18.6 Å². The minimum atomic E-state index is -0.822. The summed E-state index contributed by atoms with van der Waals surface area (Å²) in [6, 6.07) is 7.25. The third kappa shape index (κ3) is 1.73. The molecule has 0 bridgehead atoms. The fraction of sp³-hybridized carbons (Fsp3) is 0.400. The second kappa shape index (κ2) is 4.26. The van der Waals surface area contributed by atoms with Crippen LogP contribution in [0.3, 0.4) is 0 Å². The molecule has 1 unspecified atom stereocenters. The monoisotopic (exact) mass is 220 g/mol. The molecular weight excluding hydrogens is 208 g/mol. The first kappa shape index (κ1) is 10.5. The van der Waals surface area contributed by atoms with Crippen LogP contribution in [0.25, 0.3) is 11.0 Å². The Labute approximate surface area is 92.0 Å². The van der Waals surface area contributed by atoms with E-state index in [1.54, 1.807) is 12.1 Å². The molecule has 0 fully saturated rings. The molecule has 0 saturated heterocycles. The van der Waals surface area contributed by atoms with Gasteiger partial charge in [0.2, 0.25) is 0 Å². The van der Waals surface area contributed by atoms with Crippen molar-refractivity contribution in [3.05, 3.63) is 34.4 Å². The zero-order valence-corrected chi connectivity index (χ0v) is 8.91. The van der Waals surface area contributed by atoms with Crippen molar-refractivity contribution in [3.8, 4) is 0 Å². The van der Waals surface area contributed by atoms with Gasteiger partial charge in [0.1, 0.15) is 5.52 Å². The maximum Gasteiger partial charge on any atom is 0.306 e. The molecule has 6 nitrogen and oxygen atoms in total. The Morgan fingerprint density at radius 3 is 2.94 bits per heavy atom. The van der Waals surface area contributed by atoms with Crippen LogP contribution in [-0.2, 0) is 0 Å². The molecule has 1 heterocycles. The van der Waals surface area contributed by atoms with E-state index >= 15 is 0 Å². The van der Waals surface area contributed by atoms with Crippen LogP contribution in [0.15, 0.2) is 24.3 Å². The molecule has 0 aliphatic heterocycles. The molecule has 1 atom stereocenters. The summed E-state index contributed by atoms with van der Waals surface area (Å²) >= 11 is 0. The summed E-state index contributed by atoms with van der Waals surface area (Å²) in [7, 11) is 0. The maximum absolute atomic E-state index is 10.9. The lowest BCUT2D eigenvalue weighted by Gasteiger charge is -2.08. The summed E-state index contributed by atoms with van der Waals surface area (Å²) in [5.41, 5.74) is 1.39. The average molecular weight is 220 g/mol. The molecule has 84 valence electrons. The summed E-state index contributed by atoms with van der Waals surface area (Å²) in [6.45, 7) is 1.91.